The van der Waals surface area contributed by atoms with Crippen molar-refractivity contribution in [2.45, 2.75) is 31.4 Å². The predicted octanol–water partition coefficient (Wildman–Crippen LogP) is 6.82. The van der Waals surface area contributed by atoms with E-state index in [4.69, 9.17) is 4.74 Å². The number of halogens is 6. The molecule has 1 aliphatic rings. The van der Waals surface area contributed by atoms with Crippen molar-refractivity contribution in [2.24, 2.45) is 0 Å². The van der Waals surface area contributed by atoms with Crippen molar-refractivity contribution in [3.05, 3.63) is 72.1 Å². The minimum Gasteiger partial charge on any atom is -0.476 e. The quantitative estimate of drug-likeness (QED) is 0.273. The highest BCUT2D eigenvalue weighted by atomic mass is 32.5. The molecule has 4 aromatic rings. The van der Waals surface area contributed by atoms with Crippen LogP contribution in [-0.2, 0) is 11.3 Å². The lowest BCUT2D eigenvalue weighted by atomic mass is 10.1. The number of nitrogens with zero attached hydrogens (tertiary/aromatic N) is 4. The summed E-state index contributed by atoms with van der Waals surface area (Å²) in [6, 6.07) is 6.69. The topological polar surface area (TPSA) is 59.7 Å². The molecule has 2 aromatic heterocycles. The molecule has 5 rings (SSSR count). The first-order valence-corrected chi connectivity index (χ1v) is 12.5. The summed E-state index contributed by atoms with van der Waals surface area (Å²) < 4.78 is 86.7. The monoisotopic (exact) mass is 528 g/mol. The molecule has 1 amide bonds. The normalized spacial score (nSPS) is 17.9. The molecule has 0 unspecified atom stereocenters. The van der Waals surface area contributed by atoms with Crippen molar-refractivity contribution >= 4 is 27.5 Å². The minimum atomic E-state index is -9.80. The van der Waals surface area contributed by atoms with Crippen LogP contribution in [0, 0.1) is 12.7 Å². The van der Waals surface area contributed by atoms with Crippen LogP contribution in [0.4, 0.5) is 29.5 Å². The Bertz CT molecular complexity index is 1540. The Morgan fingerprint density at radius 3 is 2.42 bits per heavy atom. The molecule has 13 heteroatoms. The lowest BCUT2D eigenvalue weighted by molar-refractivity contribution is -0.125. The van der Waals surface area contributed by atoms with Gasteiger partial charge in [0.1, 0.15) is 4.90 Å². The summed E-state index contributed by atoms with van der Waals surface area (Å²) in [4.78, 5) is 20.9. The van der Waals surface area contributed by atoms with E-state index < -0.39 is 32.9 Å². The number of imidazole rings is 1. The van der Waals surface area contributed by atoms with Crippen LogP contribution in [-0.4, -0.2) is 26.4 Å². The third-order valence-corrected chi connectivity index (χ3v) is 7.02. The average molecular weight is 528 g/mol. The minimum absolute atomic E-state index is 0.0113. The number of para-hydroxylation sites is 1. The number of ether oxygens (including phenoxy) is 1. The third kappa shape index (κ3) is 4.12. The SMILES string of the molecule is Cc1nc2cnc(-c3ccc(S(F)(F)(F)(F)F)cc3)cn2c1CN1C(=O)[C@@H](C)Oc2c(F)cccc21. The second kappa shape index (κ2) is 7.15. The summed E-state index contributed by atoms with van der Waals surface area (Å²) in [5.74, 6) is -1.07. The van der Waals surface area contributed by atoms with Gasteiger partial charge in [0.2, 0.25) is 0 Å². The number of anilines is 1. The molecular formula is C23H18F6N4O2S. The van der Waals surface area contributed by atoms with Crippen LogP contribution < -0.4 is 9.64 Å². The van der Waals surface area contributed by atoms with Gasteiger partial charge in [-0.05, 0) is 38.1 Å². The molecule has 0 aliphatic carbocycles. The Morgan fingerprint density at radius 1 is 1.06 bits per heavy atom. The molecular weight excluding hydrogens is 510 g/mol. The highest BCUT2D eigenvalue weighted by molar-refractivity contribution is 8.45. The first kappa shape index (κ1) is 24.0. The van der Waals surface area contributed by atoms with E-state index >= 15 is 0 Å². The van der Waals surface area contributed by atoms with Crippen molar-refractivity contribution in [1.82, 2.24) is 14.4 Å². The van der Waals surface area contributed by atoms with Crippen molar-refractivity contribution in [3.63, 3.8) is 0 Å². The first-order chi connectivity index (χ1) is 16.6. The molecule has 36 heavy (non-hydrogen) atoms. The molecule has 0 radical (unpaired) electrons. The number of rotatable bonds is 4. The highest BCUT2D eigenvalue weighted by Gasteiger charge is 2.65. The van der Waals surface area contributed by atoms with E-state index in [0.29, 0.717) is 29.2 Å². The summed E-state index contributed by atoms with van der Waals surface area (Å²) in [5, 5.41) is 0. The van der Waals surface area contributed by atoms with Crippen LogP contribution in [0.25, 0.3) is 16.9 Å². The van der Waals surface area contributed by atoms with Gasteiger partial charge in [-0.1, -0.05) is 37.6 Å². The molecule has 6 nitrogen and oxygen atoms in total. The zero-order chi connectivity index (χ0) is 26.1. The predicted molar refractivity (Wildman–Crippen MR) is 122 cm³/mol. The Kier molecular flexibility index (Phi) is 4.76. The molecule has 0 saturated heterocycles. The lowest BCUT2D eigenvalue weighted by Gasteiger charge is -2.40. The number of carbonyl (C=O) groups is 1. The van der Waals surface area contributed by atoms with Crippen molar-refractivity contribution in [3.8, 4) is 17.0 Å². The molecule has 3 heterocycles. The number of hydrogen-bond donors (Lipinski definition) is 0. The number of amides is 1. The summed E-state index contributed by atoms with van der Waals surface area (Å²) in [5.41, 5.74) is 2.08. The molecule has 0 spiro atoms. The van der Waals surface area contributed by atoms with Crippen molar-refractivity contribution in [1.29, 1.82) is 0 Å². The molecule has 1 aliphatic heterocycles. The molecule has 0 bridgehead atoms. The average Bonchev–Trinajstić information content (AvgIpc) is 3.10. The van der Waals surface area contributed by atoms with Gasteiger partial charge in [-0.3, -0.25) is 19.1 Å². The maximum atomic E-state index is 14.3. The fourth-order valence-corrected chi connectivity index (χ4v) is 4.70. The van der Waals surface area contributed by atoms with E-state index in [1.807, 2.05) is 0 Å². The Morgan fingerprint density at radius 2 is 1.75 bits per heavy atom. The second-order valence-electron chi connectivity index (χ2n) is 8.41. The lowest BCUT2D eigenvalue weighted by Crippen LogP contribution is -2.44. The highest BCUT2D eigenvalue weighted by Crippen LogP contribution is 3.02. The first-order valence-electron chi connectivity index (χ1n) is 10.6. The van der Waals surface area contributed by atoms with Crippen LogP contribution in [0.15, 0.2) is 59.8 Å². The molecule has 2 aromatic carbocycles. The second-order valence-corrected chi connectivity index (χ2v) is 10.8. The van der Waals surface area contributed by atoms with Gasteiger partial charge in [-0.25, -0.2) is 9.37 Å². The number of aryl methyl sites for hydroxylation is 1. The molecule has 0 saturated carbocycles. The molecule has 0 N–H and O–H groups in total. The van der Waals surface area contributed by atoms with Crippen LogP contribution in [0.3, 0.4) is 0 Å². The number of aromatic nitrogens is 3. The van der Waals surface area contributed by atoms with E-state index in [0.717, 1.165) is 12.1 Å². The fourth-order valence-electron chi connectivity index (χ4n) is 4.05. The van der Waals surface area contributed by atoms with Gasteiger partial charge in [0.05, 0.1) is 35.5 Å². The molecule has 0 fully saturated rings. The van der Waals surface area contributed by atoms with Gasteiger partial charge >= 0.3 is 10.2 Å². The number of carbonyl (C=O) groups excluding carboxylic acids is 1. The zero-order valence-corrected chi connectivity index (χ0v) is 19.6. The van der Waals surface area contributed by atoms with Gasteiger partial charge < -0.3 is 4.74 Å². The van der Waals surface area contributed by atoms with Crippen LogP contribution in [0.5, 0.6) is 5.75 Å². The number of benzene rings is 2. The summed E-state index contributed by atoms with van der Waals surface area (Å²) >= 11 is 0. The van der Waals surface area contributed by atoms with Crippen LogP contribution >= 0.6 is 10.2 Å². The molecule has 190 valence electrons. The maximum absolute atomic E-state index is 14.3. The van der Waals surface area contributed by atoms with Crippen molar-refractivity contribution < 1.29 is 33.4 Å². The number of hydrogen-bond acceptors (Lipinski definition) is 4. The van der Waals surface area contributed by atoms with Gasteiger partial charge in [-0.2, -0.15) is 0 Å². The fraction of sp³-hybridized carbons (Fsp3) is 0.174. The van der Waals surface area contributed by atoms with Crippen molar-refractivity contribution in [2.75, 3.05) is 4.90 Å². The third-order valence-electron chi connectivity index (χ3n) is 5.86. The van der Waals surface area contributed by atoms with E-state index in [1.165, 1.54) is 36.4 Å². The summed E-state index contributed by atoms with van der Waals surface area (Å²) in [6.07, 6.45) is 1.93. The van der Waals surface area contributed by atoms with Gasteiger partial charge in [0, 0.05) is 11.8 Å². The Labute approximate surface area is 200 Å². The van der Waals surface area contributed by atoms with Gasteiger partial charge in [-0.15, -0.1) is 0 Å². The van der Waals surface area contributed by atoms with E-state index in [-0.39, 0.29) is 29.2 Å². The molecule has 1 atom stereocenters. The van der Waals surface area contributed by atoms with E-state index in [1.54, 1.807) is 17.4 Å². The maximum Gasteiger partial charge on any atom is 0.310 e. The van der Waals surface area contributed by atoms with Crippen LogP contribution in [0.2, 0.25) is 0 Å². The van der Waals surface area contributed by atoms with E-state index in [2.05, 4.69) is 9.97 Å². The van der Waals surface area contributed by atoms with Gasteiger partial charge in [0.25, 0.3) is 5.91 Å². The Hall–Kier alpha value is -3.74. The smallest absolute Gasteiger partial charge is 0.310 e. The van der Waals surface area contributed by atoms with Crippen LogP contribution in [0.1, 0.15) is 18.3 Å². The standard InChI is InChI=1S/C23H18F6N4O2S/c1-13-20(12-33-19-5-3-4-17(24)22(19)35-14(2)23(33)34)32-11-18(30-10-21(32)31-13)15-6-8-16(9-7-15)36(25,26,27,28)29/h3-11,14H,12H2,1-2H3/t14-/m1/s1. The van der Waals surface area contributed by atoms with E-state index in [9.17, 15) is 28.6 Å². The number of fused-ring (bicyclic) bond motifs is 2. The van der Waals surface area contributed by atoms with Gasteiger partial charge in [0.15, 0.2) is 23.3 Å². The summed E-state index contributed by atoms with van der Waals surface area (Å²) in [7, 11) is -9.80. The largest absolute Gasteiger partial charge is 0.476 e. The zero-order valence-electron chi connectivity index (χ0n) is 18.8. The Balaban J connectivity index is 1.56. The summed E-state index contributed by atoms with van der Waals surface area (Å²) in [6.45, 7) is 3.19.